The van der Waals surface area contributed by atoms with E-state index in [2.05, 4.69) is 0 Å². The van der Waals surface area contributed by atoms with Gasteiger partial charge in [-0.3, -0.25) is 9.59 Å². The summed E-state index contributed by atoms with van der Waals surface area (Å²) in [6, 6.07) is 22.0. The summed E-state index contributed by atoms with van der Waals surface area (Å²) in [5, 5.41) is 9.59. The maximum atomic E-state index is 14.0. The van der Waals surface area contributed by atoms with Gasteiger partial charge < -0.3 is 28.6 Å². The molecule has 0 spiro atoms. The first kappa shape index (κ1) is 27.8. The maximum Gasteiger partial charge on any atom is 0.312 e. The molecule has 0 bridgehead atoms. The fourth-order valence-corrected chi connectivity index (χ4v) is 5.23. The molecule has 212 valence electrons. The predicted molar refractivity (Wildman–Crippen MR) is 155 cm³/mol. The van der Waals surface area contributed by atoms with Crippen LogP contribution in [0.15, 0.2) is 77.6 Å². The van der Waals surface area contributed by atoms with Crippen molar-refractivity contribution in [2.24, 2.45) is 0 Å². The molecule has 1 aliphatic rings. The van der Waals surface area contributed by atoms with Crippen LogP contribution in [0, 0.1) is 6.92 Å². The van der Waals surface area contributed by atoms with Gasteiger partial charge >= 0.3 is 5.97 Å². The minimum atomic E-state index is -0.564. The number of hydrogen-bond donors (Lipinski definition) is 1. The van der Waals surface area contributed by atoms with Gasteiger partial charge in [0, 0.05) is 36.2 Å². The summed E-state index contributed by atoms with van der Waals surface area (Å²) in [7, 11) is 3.20. The SMILES string of the molecule is COc1ccc(CCOc2c(OC)cccc2C2CC(=O)Oc3cc(C)n(CCc4ccc(O)cc4)c(=O)c32)cc1. The summed E-state index contributed by atoms with van der Waals surface area (Å²) < 4.78 is 24.4. The summed E-state index contributed by atoms with van der Waals surface area (Å²) in [6.07, 6.45) is 1.25. The second kappa shape index (κ2) is 12.2. The van der Waals surface area contributed by atoms with E-state index < -0.39 is 11.9 Å². The molecule has 0 amide bonds. The molecule has 3 aromatic carbocycles. The van der Waals surface area contributed by atoms with Crippen molar-refractivity contribution in [3.63, 3.8) is 0 Å². The van der Waals surface area contributed by atoms with Gasteiger partial charge in [0.05, 0.1) is 32.8 Å². The van der Waals surface area contributed by atoms with Gasteiger partial charge in [-0.25, -0.2) is 0 Å². The number of carbonyl (C=O) groups is 1. The molecule has 1 N–H and O–H groups in total. The Kier molecular flexibility index (Phi) is 8.29. The van der Waals surface area contributed by atoms with Gasteiger partial charge in [0.2, 0.25) is 0 Å². The number of aryl methyl sites for hydroxylation is 2. The normalized spacial score (nSPS) is 14.2. The number of phenols is 1. The molecule has 4 aromatic rings. The number of aromatic nitrogens is 1. The number of methoxy groups -OCH3 is 2. The Labute approximate surface area is 238 Å². The molecule has 0 saturated carbocycles. The Hall–Kier alpha value is -4.72. The minimum absolute atomic E-state index is 0.00523. The van der Waals surface area contributed by atoms with E-state index in [4.69, 9.17) is 18.9 Å². The highest BCUT2D eigenvalue weighted by atomic mass is 16.5. The number of carbonyl (C=O) groups excluding carboxylic acids is 1. The zero-order valence-corrected chi connectivity index (χ0v) is 23.4. The van der Waals surface area contributed by atoms with Gasteiger partial charge in [0.25, 0.3) is 5.56 Å². The number of phenolic OH excluding ortho intramolecular Hbond substituents is 1. The molecule has 41 heavy (non-hydrogen) atoms. The lowest BCUT2D eigenvalue weighted by Crippen LogP contribution is -2.33. The van der Waals surface area contributed by atoms with Crippen molar-refractivity contribution in [2.75, 3.05) is 20.8 Å². The molecule has 0 aliphatic carbocycles. The lowest BCUT2D eigenvalue weighted by atomic mass is 9.86. The van der Waals surface area contributed by atoms with Crippen molar-refractivity contribution in [3.05, 3.63) is 111 Å². The van der Waals surface area contributed by atoms with Crippen LogP contribution in [-0.4, -0.2) is 36.5 Å². The number of aromatic hydroxyl groups is 1. The molecule has 0 saturated heterocycles. The summed E-state index contributed by atoms with van der Waals surface area (Å²) in [5.74, 6) is 1.32. The molecular formula is C33H33NO7. The van der Waals surface area contributed by atoms with E-state index in [0.717, 1.165) is 16.9 Å². The summed E-state index contributed by atoms with van der Waals surface area (Å²) in [5.41, 5.74) is 3.69. The molecule has 0 radical (unpaired) electrons. The minimum Gasteiger partial charge on any atom is -0.508 e. The zero-order chi connectivity index (χ0) is 28.9. The average Bonchev–Trinajstić information content (AvgIpc) is 2.97. The van der Waals surface area contributed by atoms with Gasteiger partial charge in [0.15, 0.2) is 11.5 Å². The molecular weight excluding hydrogens is 522 g/mol. The van der Waals surface area contributed by atoms with Crippen LogP contribution in [-0.2, 0) is 24.2 Å². The number of pyridine rings is 1. The van der Waals surface area contributed by atoms with Crippen LogP contribution >= 0.6 is 0 Å². The van der Waals surface area contributed by atoms with Crippen molar-refractivity contribution in [2.45, 2.75) is 38.6 Å². The maximum absolute atomic E-state index is 14.0. The second-order valence-electron chi connectivity index (χ2n) is 9.99. The number of para-hydroxylation sites is 1. The van der Waals surface area contributed by atoms with E-state index in [9.17, 15) is 14.7 Å². The monoisotopic (exact) mass is 555 g/mol. The van der Waals surface area contributed by atoms with Crippen LogP contribution in [0.4, 0.5) is 0 Å². The highest BCUT2D eigenvalue weighted by Crippen LogP contribution is 2.44. The first-order valence-corrected chi connectivity index (χ1v) is 13.5. The van der Waals surface area contributed by atoms with Crippen LogP contribution in [0.5, 0.6) is 28.7 Å². The third-order valence-electron chi connectivity index (χ3n) is 7.41. The molecule has 2 heterocycles. The number of hydrogen-bond acceptors (Lipinski definition) is 7. The second-order valence-corrected chi connectivity index (χ2v) is 9.99. The van der Waals surface area contributed by atoms with E-state index in [1.807, 2.05) is 55.5 Å². The third-order valence-corrected chi connectivity index (χ3v) is 7.41. The summed E-state index contributed by atoms with van der Waals surface area (Å²) in [4.78, 5) is 26.7. The topological polar surface area (TPSA) is 96.2 Å². The standard InChI is InChI=1S/C33H33NO7/c1-21-19-29-31(33(37)34(21)17-15-22-7-11-24(35)12-8-22)27(20-30(36)41-29)26-5-4-6-28(39-3)32(26)40-18-16-23-9-13-25(38-2)14-10-23/h4-14,19,27,35H,15-18,20H2,1-3H3. The fraction of sp³-hybridized carbons (Fsp3) is 0.273. The van der Waals surface area contributed by atoms with Crippen LogP contribution in [0.2, 0.25) is 0 Å². The van der Waals surface area contributed by atoms with E-state index in [1.54, 1.807) is 43.1 Å². The van der Waals surface area contributed by atoms with Gasteiger partial charge in [-0.05, 0) is 54.8 Å². The number of nitrogens with zero attached hydrogens (tertiary/aromatic N) is 1. The Balaban J connectivity index is 1.47. The van der Waals surface area contributed by atoms with Crippen molar-refractivity contribution >= 4 is 5.97 Å². The lowest BCUT2D eigenvalue weighted by molar-refractivity contribution is -0.135. The molecule has 0 fully saturated rings. The first-order chi connectivity index (χ1) is 19.9. The van der Waals surface area contributed by atoms with Gasteiger partial charge in [-0.1, -0.05) is 36.4 Å². The largest absolute Gasteiger partial charge is 0.508 e. The van der Waals surface area contributed by atoms with Crippen LogP contribution in [0.25, 0.3) is 0 Å². The fourth-order valence-electron chi connectivity index (χ4n) is 5.23. The summed E-state index contributed by atoms with van der Waals surface area (Å²) in [6.45, 7) is 2.64. The van der Waals surface area contributed by atoms with E-state index >= 15 is 0 Å². The van der Waals surface area contributed by atoms with E-state index in [1.165, 1.54) is 0 Å². The Morgan fingerprint density at radius 2 is 1.63 bits per heavy atom. The first-order valence-electron chi connectivity index (χ1n) is 13.5. The highest BCUT2D eigenvalue weighted by Gasteiger charge is 2.35. The molecule has 1 aliphatic heterocycles. The number of esters is 1. The number of ether oxygens (including phenoxy) is 4. The lowest BCUT2D eigenvalue weighted by Gasteiger charge is -2.28. The molecule has 8 heteroatoms. The van der Waals surface area contributed by atoms with Gasteiger partial charge in [0.1, 0.15) is 17.2 Å². The molecule has 1 unspecified atom stereocenters. The zero-order valence-electron chi connectivity index (χ0n) is 23.4. The van der Waals surface area contributed by atoms with Crippen LogP contribution in [0.1, 0.15) is 40.3 Å². The smallest absolute Gasteiger partial charge is 0.312 e. The van der Waals surface area contributed by atoms with Crippen molar-refractivity contribution < 1.29 is 28.8 Å². The van der Waals surface area contributed by atoms with Gasteiger partial charge in [-0.2, -0.15) is 0 Å². The highest BCUT2D eigenvalue weighted by molar-refractivity contribution is 5.78. The third kappa shape index (κ3) is 6.06. The Morgan fingerprint density at radius 3 is 2.34 bits per heavy atom. The molecule has 1 atom stereocenters. The molecule has 1 aromatic heterocycles. The van der Waals surface area contributed by atoms with Gasteiger partial charge in [-0.15, -0.1) is 0 Å². The predicted octanol–water partition coefficient (Wildman–Crippen LogP) is 5.18. The number of benzene rings is 3. The van der Waals surface area contributed by atoms with E-state index in [-0.39, 0.29) is 23.5 Å². The number of rotatable bonds is 10. The summed E-state index contributed by atoms with van der Waals surface area (Å²) >= 11 is 0. The van der Waals surface area contributed by atoms with Crippen LogP contribution < -0.4 is 24.5 Å². The molecule has 5 rings (SSSR count). The van der Waals surface area contributed by atoms with Crippen LogP contribution in [0.3, 0.4) is 0 Å². The van der Waals surface area contributed by atoms with Crippen molar-refractivity contribution in [1.82, 2.24) is 4.57 Å². The number of fused-ring (bicyclic) bond motifs is 1. The quantitative estimate of drug-likeness (QED) is 0.269. The average molecular weight is 556 g/mol. The van der Waals surface area contributed by atoms with E-state index in [0.29, 0.717) is 54.3 Å². The van der Waals surface area contributed by atoms with Crippen molar-refractivity contribution in [1.29, 1.82) is 0 Å². The Bertz CT molecular complexity index is 1590. The Morgan fingerprint density at radius 1 is 0.927 bits per heavy atom. The molecule has 8 nitrogen and oxygen atoms in total. The van der Waals surface area contributed by atoms with Crippen molar-refractivity contribution in [3.8, 4) is 28.7 Å².